The molecule has 0 bridgehead atoms. The maximum atomic E-state index is 12.2. The number of nitrogens with one attached hydrogen (secondary N) is 1. The summed E-state index contributed by atoms with van der Waals surface area (Å²) in [5.74, 6) is 0.357. The Morgan fingerprint density at radius 3 is 2.50 bits per heavy atom. The third kappa shape index (κ3) is 5.30. The van der Waals surface area contributed by atoms with Crippen LogP contribution in [0.5, 0.6) is 0 Å². The van der Waals surface area contributed by atoms with Gasteiger partial charge >= 0.3 is 12.1 Å². The van der Waals surface area contributed by atoms with Gasteiger partial charge in [-0.3, -0.25) is 4.79 Å². The van der Waals surface area contributed by atoms with E-state index in [4.69, 9.17) is 14.0 Å². The normalized spacial score (nSPS) is 12.3. The number of carbonyl (C=O) groups excluding carboxylic acids is 2. The van der Waals surface area contributed by atoms with Crippen molar-refractivity contribution in [2.75, 3.05) is 6.61 Å². The van der Waals surface area contributed by atoms with Gasteiger partial charge in [-0.2, -0.15) is 4.98 Å². The molecule has 1 amide bonds. The number of amides is 1. The summed E-state index contributed by atoms with van der Waals surface area (Å²) < 4.78 is 15.4. The Balaban J connectivity index is 2.06. The van der Waals surface area contributed by atoms with Gasteiger partial charge in [0.25, 0.3) is 0 Å². The fourth-order valence-electron chi connectivity index (χ4n) is 2.25. The van der Waals surface area contributed by atoms with Crippen LogP contribution in [0.1, 0.15) is 38.0 Å². The number of benzene rings is 1. The van der Waals surface area contributed by atoms with Crippen LogP contribution in [0.25, 0.3) is 0 Å². The fraction of sp³-hybridized carbons (Fsp3) is 0.444. The standard InChI is InChI=1S/C18H23N3O5/c1-12-19-16(21-26-12)18(3,4)15(11-24-13(2)22)20-17(23)25-10-14-8-6-5-7-9-14/h5-9,15H,10-11H2,1-4H3,(H,20,23)/t15-/m1/s1. The molecular weight excluding hydrogens is 338 g/mol. The molecule has 2 aromatic rings. The van der Waals surface area contributed by atoms with Crippen molar-refractivity contribution in [1.82, 2.24) is 15.5 Å². The van der Waals surface area contributed by atoms with Gasteiger partial charge in [-0.25, -0.2) is 4.79 Å². The van der Waals surface area contributed by atoms with Crippen LogP contribution in [-0.4, -0.2) is 34.9 Å². The third-order valence-electron chi connectivity index (χ3n) is 3.93. The summed E-state index contributed by atoms with van der Waals surface area (Å²) >= 11 is 0. The van der Waals surface area contributed by atoms with Crippen molar-refractivity contribution in [3.05, 3.63) is 47.6 Å². The van der Waals surface area contributed by atoms with Gasteiger partial charge in [-0.05, 0) is 5.56 Å². The molecule has 0 aliphatic heterocycles. The Bertz CT molecular complexity index is 742. The fourth-order valence-corrected chi connectivity index (χ4v) is 2.25. The predicted molar refractivity (Wildman–Crippen MR) is 92.2 cm³/mol. The van der Waals surface area contributed by atoms with Crippen molar-refractivity contribution in [2.24, 2.45) is 0 Å². The lowest BCUT2D eigenvalue weighted by Crippen LogP contribution is -2.51. The number of hydrogen-bond donors (Lipinski definition) is 1. The van der Waals surface area contributed by atoms with Gasteiger partial charge in [-0.15, -0.1) is 0 Å². The summed E-state index contributed by atoms with van der Waals surface area (Å²) in [4.78, 5) is 27.6. The molecule has 8 heteroatoms. The first kappa shape index (κ1) is 19.4. The van der Waals surface area contributed by atoms with Crippen LogP contribution >= 0.6 is 0 Å². The second kappa shape index (κ2) is 8.46. The monoisotopic (exact) mass is 361 g/mol. The van der Waals surface area contributed by atoms with Gasteiger partial charge in [0.15, 0.2) is 5.82 Å². The molecule has 0 saturated carbocycles. The van der Waals surface area contributed by atoms with E-state index >= 15 is 0 Å². The Hall–Kier alpha value is -2.90. The number of aryl methyl sites for hydroxylation is 1. The van der Waals surface area contributed by atoms with Gasteiger partial charge in [0.05, 0.1) is 11.5 Å². The number of esters is 1. The van der Waals surface area contributed by atoms with E-state index in [1.807, 2.05) is 44.2 Å². The molecule has 1 aromatic carbocycles. The molecule has 1 atom stereocenters. The summed E-state index contributed by atoms with van der Waals surface area (Å²) in [6.07, 6.45) is -0.626. The lowest BCUT2D eigenvalue weighted by molar-refractivity contribution is -0.142. The molecule has 26 heavy (non-hydrogen) atoms. The van der Waals surface area contributed by atoms with Gasteiger partial charge in [0, 0.05) is 13.8 Å². The highest BCUT2D eigenvalue weighted by Gasteiger charge is 2.38. The largest absolute Gasteiger partial charge is 0.464 e. The third-order valence-corrected chi connectivity index (χ3v) is 3.93. The molecule has 1 N–H and O–H groups in total. The highest BCUT2D eigenvalue weighted by Crippen LogP contribution is 2.25. The Morgan fingerprint density at radius 2 is 1.92 bits per heavy atom. The summed E-state index contributed by atoms with van der Waals surface area (Å²) in [6.45, 7) is 6.71. The van der Waals surface area contributed by atoms with Gasteiger partial charge in [0.2, 0.25) is 5.89 Å². The summed E-state index contributed by atoms with van der Waals surface area (Å²) in [5, 5.41) is 6.65. The lowest BCUT2D eigenvalue weighted by Gasteiger charge is -2.31. The van der Waals surface area contributed by atoms with Gasteiger partial charge < -0.3 is 19.3 Å². The number of aromatic nitrogens is 2. The first-order valence-electron chi connectivity index (χ1n) is 8.20. The van der Waals surface area contributed by atoms with Crippen LogP contribution in [0.15, 0.2) is 34.9 Å². The molecular formula is C18H23N3O5. The van der Waals surface area contributed by atoms with Crippen LogP contribution in [0.4, 0.5) is 4.79 Å². The van der Waals surface area contributed by atoms with E-state index in [-0.39, 0.29) is 13.2 Å². The van der Waals surface area contributed by atoms with E-state index in [9.17, 15) is 9.59 Å². The van der Waals surface area contributed by atoms with Crippen molar-refractivity contribution >= 4 is 12.1 Å². The smallest absolute Gasteiger partial charge is 0.407 e. The first-order valence-corrected chi connectivity index (χ1v) is 8.20. The Labute approximate surface area is 151 Å². The Morgan fingerprint density at radius 1 is 1.23 bits per heavy atom. The number of alkyl carbamates (subject to hydrolysis) is 1. The topological polar surface area (TPSA) is 104 Å². The van der Waals surface area contributed by atoms with Crippen molar-refractivity contribution < 1.29 is 23.6 Å². The first-order chi connectivity index (χ1) is 12.3. The molecule has 8 nitrogen and oxygen atoms in total. The minimum absolute atomic E-state index is 0.0453. The maximum Gasteiger partial charge on any atom is 0.407 e. The number of rotatable bonds is 7. The van der Waals surface area contributed by atoms with E-state index in [1.54, 1.807) is 6.92 Å². The zero-order valence-electron chi connectivity index (χ0n) is 15.3. The van der Waals surface area contributed by atoms with Crippen molar-refractivity contribution in [1.29, 1.82) is 0 Å². The van der Waals surface area contributed by atoms with E-state index in [2.05, 4.69) is 15.5 Å². The highest BCUT2D eigenvalue weighted by atomic mass is 16.6. The molecule has 0 saturated heterocycles. The lowest BCUT2D eigenvalue weighted by atomic mass is 9.84. The Kier molecular flexibility index (Phi) is 6.32. The van der Waals surface area contributed by atoms with E-state index in [1.165, 1.54) is 6.92 Å². The van der Waals surface area contributed by atoms with Crippen LogP contribution in [0.3, 0.4) is 0 Å². The average molecular weight is 361 g/mol. The molecule has 0 aliphatic carbocycles. The SMILES string of the molecule is CC(=O)OC[C@@H](NC(=O)OCc1ccccc1)C(C)(C)c1noc(C)n1. The van der Waals surface area contributed by atoms with Crippen molar-refractivity contribution in [2.45, 2.75) is 45.8 Å². The summed E-state index contributed by atoms with van der Waals surface area (Å²) in [6, 6.07) is 8.72. The molecule has 1 aromatic heterocycles. The maximum absolute atomic E-state index is 12.2. The van der Waals surface area contributed by atoms with Crippen LogP contribution < -0.4 is 5.32 Å². The van der Waals surface area contributed by atoms with Gasteiger partial charge in [-0.1, -0.05) is 49.3 Å². The summed E-state index contributed by atoms with van der Waals surface area (Å²) in [7, 11) is 0. The van der Waals surface area contributed by atoms with E-state index in [0.717, 1.165) is 5.56 Å². The zero-order valence-corrected chi connectivity index (χ0v) is 15.3. The minimum Gasteiger partial charge on any atom is -0.464 e. The molecule has 0 spiro atoms. The number of carbonyl (C=O) groups is 2. The van der Waals surface area contributed by atoms with E-state index in [0.29, 0.717) is 11.7 Å². The molecule has 0 unspecified atom stereocenters. The molecule has 0 aliphatic rings. The van der Waals surface area contributed by atoms with Crippen molar-refractivity contribution in [3.63, 3.8) is 0 Å². The predicted octanol–water partition coefficient (Wildman–Crippen LogP) is 2.51. The average Bonchev–Trinajstić information content (AvgIpc) is 3.04. The quantitative estimate of drug-likeness (QED) is 0.756. The van der Waals surface area contributed by atoms with Crippen molar-refractivity contribution in [3.8, 4) is 0 Å². The molecule has 0 radical (unpaired) electrons. The number of ether oxygens (including phenoxy) is 2. The number of hydrogen-bond acceptors (Lipinski definition) is 7. The second-order valence-corrected chi connectivity index (χ2v) is 6.42. The highest BCUT2D eigenvalue weighted by molar-refractivity contribution is 5.68. The van der Waals surface area contributed by atoms with Crippen LogP contribution in [-0.2, 0) is 26.3 Å². The van der Waals surface area contributed by atoms with Crippen LogP contribution in [0.2, 0.25) is 0 Å². The zero-order chi connectivity index (χ0) is 19.2. The minimum atomic E-state index is -0.751. The number of nitrogens with zero attached hydrogens (tertiary/aromatic N) is 2. The summed E-state index contributed by atoms with van der Waals surface area (Å²) in [5.41, 5.74) is 0.117. The van der Waals surface area contributed by atoms with E-state index < -0.39 is 23.5 Å². The van der Waals surface area contributed by atoms with Crippen LogP contribution in [0, 0.1) is 6.92 Å². The second-order valence-electron chi connectivity index (χ2n) is 6.42. The molecule has 0 fully saturated rings. The molecule has 140 valence electrons. The molecule has 2 rings (SSSR count). The van der Waals surface area contributed by atoms with Gasteiger partial charge in [0.1, 0.15) is 13.2 Å². The molecule has 1 heterocycles.